The molecule has 0 aliphatic rings. The second kappa shape index (κ2) is 6.89. The van der Waals surface area contributed by atoms with Gasteiger partial charge in [0.2, 0.25) is 0 Å². The Morgan fingerprint density at radius 1 is 1.44 bits per heavy atom. The highest BCUT2D eigenvalue weighted by Gasteiger charge is 2.07. The number of hydrogen-bond acceptors (Lipinski definition) is 3. The van der Waals surface area contributed by atoms with E-state index in [1.165, 1.54) is 0 Å². The summed E-state index contributed by atoms with van der Waals surface area (Å²) in [7, 11) is 3.73. The van der Waals surface area contributed by atoms with Gasteiger partial charge in [-0.1, -0.05) is 22.0 Å². The maximum Gasteiger partial charge on any atom is 0.0702 e. The molecule has 0 amide bonds. The van der Waals surface area contributed by atoms with Crippen molar-refractivity contribution in [2.24, 2.45) is 0 Å². The van der Waals surface area contributed by atoms with Gasteiger partial charge in [-0.3, -0.25) is 0 Å². The SMILES string of the molecule is COCCCN(C)c1cc(Br)ccc1CO. The number of ether oxygens (including phenoxy) is 1. The molecule has 3 nitrogen and oxygen atoms in total. The van der Waals surface area contributed by atoms with Crippen molar-refractivity contribution in [1.29, 1.82) is 0 Å². The van der Waals surface area contributed by atoms with Crippen LogP contribution in [0.4, 0.5) is 5.69 Å². The van der Waals surface area contributed by atoms with Crippen LogP contribution in [0, 0.1) is 0 Å². The molecule has 0 aromatic heterocycles. The maximum absolute atomic E-state index is 9.26. The Labute approximate surface area is 105 Å². The minimum absolute atomic E-state index is 0.0667. The summed E-state index contributed by atoms with van der Waals surface area (Å²) in [5, 5.41) is 9.26. The molecule has 0 aliphatic heterocycles. The van der Waals surface area contributed by atoms with E-state index in [0.717, 1.165) is 35.3 Å². The van der Waals surface area contributed by atoms with Gasteiger partial charge in [0.25, 0.3) is 0 Å². The minimum atomic E-state index is 0.0667. The van der Waals surface area contributed by atoms with Crippen molar-refractivity contribution in [3.05, 3.63) is 28.2 Å². The molecule has 0 radical (unpaired) electrons. The zero-order chi connectivity index (χ0) is 12.0. The lowest BCUT2D eigenvalue weighted by Gasteiger charge is -2.22. The molecule has 16 heavy (non-hydrogen) atoms. The highest BCUT2D eigenvalue weighted by atomic mass is 79.9. The first-order valence-electron chi connectivity index (χ1n) is 5.28. The molecule has 0 fully saturated rings. The first kappa shape index (κ1) is 13.5. The molecule has 0 atom stereocenters. The lowest BCUT2D eigenvalue weighted by atomic mass is 10.1. The Kier molecular flexibility index (Phi) is 5.80. The van der Waals surface area contributed by atoms with Crippen LogP contribution in [-0.4, -0.2) is 32.4 Å². The Hall–Kier alpha value is -0.580. The number of nitrogens with zero attached hydrogens (tertiary/aromatic N) is 1. The van der Waals surface area contributed by atoms with E-state index in [4.69, 9.17) is 4.74 Å². The van der Waals surface area contributed by atoms with E-state index in [1.807, 2.05) is 25.2 Å². The van der Waals surface area contributed by atoms with Gasteiger partial charge < -0.3 is 14.7 Å². The summed E-state index contributed by atoms with van der Waals surface area (Å²) in [6.45, 7) is 1.74. The van der Waals surface area contributed by atoms with Crippen molar-refractivity contribution < 1.29 is 9.84 Å². The van der Waals surface area contributed by atoms with Crippen molar-refractivity contribution in [2.75, 3.05) is 32.2 Å². The van der Waals surface area contributed by atoms with Crippen LogP contribution in [0.25, 0.3) is 0 Å². The zero-order valence-electron chi connectivity index (χ0n) is 9.74. The van der Waals surface area contributed by atoms with E-state index in [-0.39, 0.29) is 6.61 Å². The Bertz CT molecular complexity index is 331. The van der Waals surface area contributed by atoms with Crippen molar-refractivity contribution >= 4 is 21.6 Å². The van der Waals surface area contributed by atoms with E-state index in [0.29, 0.717) is 0 Å². The van der Waals surface area contributed by atoms with Crippen LogP contribution in [0.15, 0.2) is 22.7 Å². The predicted molar refractivity (Wildman–Crippen MR) is 69.8 cm³/mol. The normalized spacial score (nSPS) is 10.5. The number of aliphatic hydroxyl groups is 1. The van der Waals surface area contributed by atoms with Gasteiger partial charge in [0.15, 0.2) is 0 Å². The average molecular weight is 288 g/mol. The summed E-state index contributed by atoms with van der Waals surface area (Å²) in [5.41, 5.74) is 2.01. The molecule has 0 heterocycles. The molecule has 1 aromatic rings. The number of rotatable bonds is 6. The fraction of sp³-hybridized carbons (Fsp3) is 0.500. The lowest BCUT2D eigenvalue weighted by Crippen LogP contribution is -2.21. The largest absolute Gasteiger partial charge is 0.392 e. The monoisotopic (exact) mass is 287 g/mol. The van der Waals surface area contributed by atoms with Crippen LogP contribution in [0.5, 0.6) is 0 Å². The predicted octanol–water partition coefficient (Wildman–Crippen LogP) is 2.41. The van der Waals surface area contributed by atoms with Gasteiger partial charge in [-0.15, -0.1) is 0 Å². The maximum atomic E-state index is 9.26. The molecular formula is C12H18BrNO2. The molecule has 0 unspecified atom stereocenters. The van der Waals surface area contributed by atoms with Crippen molar-refractivity contribution in [1.82, 2.24) is 0 Å². The van der Waals surface area contributed by atoms with Crippen LogP contribution in [-0.2, 0) is 11.3 Å². The minimum Gasteiger partial charge on any atom is -0.392 e. The number of methoxy groups -OCH3 is 1. The van der Waals surface area contributed by atoms with Crippen LogP contribution in [0.3, 0.4) is 0 Å². The van der Waals surface area contributed by atoms with E-state index in [1.54, 1.807) is 7.11 Å². The van der Waals surface area contributed by atoms with Gasteiger partial charge in [-0.05, 0) is 18.6 Å². The molecule has 0 aliphatic carbocycles. The Balaban J connectivity index is 2.72. The van der Waals surface area contributed by atoms with E-state index < -0.39 is 0 Å². The Morgan fingerprint density at radius 3 is 2.81 bits per heavy atom. The first-order chi connectivity index (χ1) is 7.69. The number of hydrogen-bond donors (Lipinski definition) is 1. The first-order valence-corrected chi connectivity index (χ1v) is 6.07. The zero-order valence-corrected chi connectivity index (χ0v) is 11.3. The quantitative estimate of drug-likeness (QED) is 0.816. The molecule has 0 bridgehead atoms. The van der Waals surface area contributed by atoms with Crippen LogP contribution in [0.2, 0.25) is 0 Å². The number of halogens is 1. The second-order valence-electron chi connectivity index (χ2n) is 3.70. The summed E-state index contributed by atoms with van der Waals surface area (Å²) < 4.78 is 6.05. The van der Waals surface area contributed by atoms with E-state index in [9.17, 15) is 5.11 Å². The van der Waals surface area contributed by atoms with Gasteiger partial charge in [0.1, 0.15) is 0 Å². The van der Waals surface area contributed by atoms with Crippen LogP contribution >= 0.6 is 15.9 Å². The molecule has 1 N–H and O–H groups in total. The summed E-state index contributed by atoms with van der Waals surface area (Å²) in [4.78, 5) is 2.13. The van der Waals surface area contributed by atoms with E-state index >= 15 is 0 Å². The van der Waals surface area contributed by atoms with Crippen LogP contribution < -0.4 is 4.90 Å². The van der Waals surface area contributed by atoms with Crippen molar-refractivity contribution in [3.63, 3.8) is 0 Å². The Morgan fingerprint density at radius 2 is 2.19 bits per heavy atom. The van der Waals surface area contributed by atoms with Crippen LogP contribution in [0.1, 0.15) is 12.0 Å². The molecule has 4 heteroatoms. The topological polar surface area (TPSA) is 32.7 Å². The molecule has 0 saturated heterocycles. The molecule has 1 rings (SSSR count). The third-order valence-electron chi connectivity index (χ3n) is 2.47. The smallest absolute Gasteiger partial charge is 0.0702 e. The highest BCUT2D eigenvalue weighted by Crippen LogP contribution is 2.24. The molecule has 90 valence electrons. The number of anilines is 1. The summed E-state index contributed by atoms with van der Waals surface area (Å²) in [6, 6.07) is 5.91. The molecule has 1 aromatic carbocycles. The third-order valence-corrected chi connectivity index (χ3v) is 2.96. The standard InChI is InChI=1S/C12H18BrNO2/c1-14(6-3-7-16-2)12-8-11(13)5-4-10(12)9-15/h4-5,8,15H,3,6-7,9H2,1-2H3. The van der Waals surface area contributed by atoms with Crippen molar-refractivity contribution in [3.8, 4) is 0 Å². The second-order valence-corrected chi connectivity index (χ2v) is 4.61. The van der Waals surface area contributed by atoms with Gasteiger partial charge in [-0.25, -0.2) is 0 Å². The number of benzene rings is 1. The highest BCUT2D eigenvalue weighted by molar-refractivity contribution is 9.10. The fourth-order valence-electron chi connectivity index (χ4n) is 1.59. The van der Waals surface area contributed by atoms with Gasteiger partial charge in [0.05, 0.1) is 6.61 Å². The average Bonchev–Trinajstić information content (AvgIpc) is 2.29. The lowest BCUT2D eigenvalue weighted by molar-refractivity contribution is 0.196. The molecular weight excluding hydrogens is 270 g/mol. The summed E-state index contributed by atoms with van der Waals surface area (Å²) >= 11 is 3.44. The van der Waals surface area contributed by atoms with Gasteiger partial charge >= 0.3 is 0 Å². The van der Waals surface area contributed by atoms with E-state index in [2.05, 4.69) is 20.8 Å². The molecule has 0 saturated carbocycles. The number of aliphatic hydroxyl groups excluding tert-OH is 1. The van der Waals surface area contributed by atoms with Crippen molar-refractivity contribution in [2.45, 2.75) is 13.0 Å². The van der Waals surface area contributed by atoms with Gasteiger partial charge in [-0.2, -0.15) is 0 Å². The van der Waals surface area contributed by atoms with Gasteiger partial charge in [0, 0.05) is 43.0 Å². The summed E-state index contributed by atoms with van der Waals surface area (Å²) in [5.74, 6) is 0. The molecule has 0 spiro atoms. The summed E-state index contributed by atoms with van der Waals surface area (Å²) in [6.07, 6.45) is 0.977. The third kappa shape index (κ3) is 3.77. The fourth-order valence-corrected chi connectivity index (χ4v) is 1.94.